The van der Waals surface area contributed by atoms with Gasteiger partial charge in [-0.25, -0.2) is 0 Å². The second kappa shape index (κ2) is 4.72. The molecule has 0 radical (unpaired) electrons. The Kier molecular flexibility index (Phi) is 3.47. The summed E-state index contributed by atoms with van der Waals surface area (Å²) in [5.41, 5.74) is 6.25. The number of ether oxygens (including phenoxy) is 1. The van der Waals surface area contributed by atoms with E-state index in [4.69, 9.17) is 10.5 Å². The highest BCUT2D eigenvalue weighted by Gasteiger charge is 2.45. The molecule has 96 valence electrons. The Hall–Kier alpha value is -0.970. The maximum Gasteiger partial charge on any atom is 0.197 e. The molecule has 1 aromatic rings. The molecule has 1 aliphatic carbocycles. The Morgan fingerprint density at radius 3 is 2.76 bits per heavy atom. The van der Waals surface area contributed by atoms with Gasteiger partial charge in [-0.3, -0.25) is 0 Å². The molecule has 0 bridgehead atoms. The van der Waals surface area contributed by atoms with Crippen LogP contribution in [-0.4, -0.2) is 17.5 Å². The highest BCUT2D eigenvalue weighted by Crippen LogP contribution is 2.52. The van der Waals surface area contributed by atoms with Crippen LogP contribution < -0.4 is 15.8 Å². The van der Waals surface area contributed by atoms with Crippen LogP contribution in [0.1, 0.15) is 33.6 Å². The summed E-state index contributed by atoms with van der Waals surface area (Å²) in [6.45, 7) is 8.15. The Bertz CT molecular complexity index is 385. The molecule has 4 nitrogen and oxygen atoms in total. The minimum Gasteiger partial charge on any atom is -0.487 e. The zero-order chi connectivity index (χ0) is 12.5. The molecule has 0 amide bonds. The third kappa shape index (κ3) is 2.49. The van der Waals surface area contributed by atoms with Crippen molar-refractivity contribution in [3.8, 4) is 5.75 Å². The van der Waals surface area contributed by atoms with Crippen LogP contribution in [0.25, 0.3) is 0 Å². The molecule has 1 aliphatic rings. The van der Waals surface area contributed by atoms with Crippen LogP contribution in [0.2, 0.25) is 0 Å². The van der Waals surface area contributed by atoms with E-state index in [1.165, 1.54) is 24.4 Å². The van der Waals surface area contributed by atoms with Gasteiger partial charge in [0.05, 0.1) is 6.61 Å². The summed E-state index contributed by atoms with van der Waals surface area (Å²) >= 11 is 1.39. The molecule has 2 rings (SSSR count). The molecular weight excluding hydrogens is 234 g/mol. The first kappa shape index (κ1) is 12.5. The molecule has 1 heterocycles. The van der Waals surface area contributed by atoms with Gasteiger partial charge >= 0.3 is 0 Å². The fraction of sp³-hybridized carbons (Fsp3) is 0.750. The molecule has 0 aliphatic heterocycles. The minimum absolute atomic E-state index is 0.474. The van der Waals surface area contributed by atoms with E-state index in [2.05, 4.69) is 23.5 Å². The maximum atomic E-state index is 5.78. The maximum absolute atomic E-state index is 5.78. The molecular formula is C12H21N3OS. The third-order valence-corrected chi connectivity index (χ3v) is 4.48. The number of nitrogens with zero attached hydrogens (tertiary/aromatic N) is 1. The Morgan fingerprint density at radius 1 is 1.53 bits per heavy atom. The van der Waals surface area contributed by atoms with Crippen molar-refractivity contribution in [1.29, 1.82) is 0 Å². The van der Waals surface area contributed by atoms with E-state index in [0.29, 0.717) is 17.8 Å². The first-order valence-electron chi connectivity index (χ1n) is 6.21. The lowest BCUT2D eigenvalue weighted by Gasteiger charge is -2.20. The van der Waals surface area contributed by atoms with Gasteiger partial charge in [0.25, 0.3) is 0 Å². The fourth-order valence-electron chi connectivity index (χ4n) is 2.07. The van der Waals surface area contributed by atoms with E-state index in [-0.39, 0.29) is 0 Å². The van der Waals surface area contributed by atoms with Gasteiger partial charge in [0.2, 0.25) is 0 Å². The molecule has 0 aromatic carbocycles. The first-order valence-corrected chi connectivity index (χ1v) is 6.98. The van der Waals surface area contributed by atoms with Crippen molar-refractivity contribution >= 4 is 22.4 Å². The summed E-state index contributed by atoms with van der Waals surface area (Å²) in [7, 11) is 0. The molecule has 0 unspecified atom stereocenters. The molecule has 0 saturated heterocycles. The number of hydrogen-bond donors (Lipinski definition) is 2. The van der Waals surface area contributed by atoms with Gasteiger partial charge in [0.15, 0.2) is 16.6 Å². The largest absolute Gasteiger partial charge is 0.487 e. The van der Waals surface area contributed by atoms with Gasteiger partial charge in [-0.05, 0) is 42.6 Å². The van der Waals surface area contributed by atoms with Crippen molar-refractivity contribution in [2.24, 2.45) is 11.3 Å². The molecule has 3 N–H and O–H groups in total. The molecule has 1 aromatic heterocycles. The van der Waals surface area contributed by atoms with Crippen molar-refractivity contribution in [2.45, 2.75) is 33.6 Å². The minimum atomic E-state index is 0.474. The van der Waals surface area contributed by atoms with E-state index in [0.717, 1.165) is 23.2 Å². The normalized spacial score (nSPS) is 17.2. The predicted molar refractivity (Wildman–Crippen MR) is 72.7 cm³/mol. The fourth-order valence-corrected chi connectivity index (χ4v) is 2.72. The standard InChI is InChI=1S/C12H21N3OS/c1-4-16-9-10(13)15-17-11(9)14-7-12(5-6-12)8(2)3/h8,14H,4-7H2,1-3H3,(H2,13,15). The van der Waals surface area contributed by atoms with Gasteiger partial charge in [0.1, 0.15) is 0 Å². The molecule has 5 heteroatoms. The van der Waals surface area contributed by atoms with Gasteiger partial charge in [0, 0.05) is 6.54 Å². The van der Waals surface area contributed by atoms with Crippen molar-refractivity contribution < 1.29 is 4.74 Å². The second-order valence-electron chi connectivity index (χ2n) is 5.03. The van der Waals surface area contributed by atoms with Crippen LogP contribution in [0.3, 0.4) is 0 Å². The van der Waals surface area contributed by atoms with E-state index < -0.39 is 0 Å². The van der Waals surface area contributed by atoms with Crippen LogP contribution in [-0.2, 0) is 0 Å². The smallest absolute Gasteiger partial charge is 0.197 e. The van der Waals surface area contributed by atoms with Crippen LogP contribution >= 0.6 is 11.5 Å². The average molecular weight is 255 g/mol. The van der Waals surface area contributed by atoms with Crippen molar-refractivity contribution in [1.82, 2.24) is 4.37 Å². The van der Waals surface area contributed by atoms with Crippen molar-refractivity contribution in [2.75, 3.05) is 24.2 Å². The summed E-state index contributed by atoms with van der Waals surface area (Å²) in [4.78, 5) is 0. The summed E-state index contributed by atoms with van der Waals surface area (Å²) in [6, 6.07) is 0. The third-order valence-electron chi connectivity index (χ3n) is 3.68. The lowest BCUT2D eigenvalue weighted by molar-refractivity contribution is 0.342. The van der Waals surface area contributed by atoms with Gasteiger partial charge in [-0.15, -0.1) is 0 Å². The van der Waals surface area contributed by atoms with Gasteiger partial charge in [-0.2, -0.15) is 4.37 Å². The SMILES string of the molecule is CCOc1c(N)nsc1NCC1(C(C)C)CC1. The van der Waals surface area contributed by atoms with Crippen LogP contribution in [0.5, 0.6) is 5.75 Å². The number of hydrogen-bond acceptors (Lipinski definition) is 5. The molecule has 1 fully saturated rings. The van der Waals surface area contributed by atoms with Crippen LogP contribution in [0.15, 0.2) is 0 Å². The summed E-state index contributed by atoms with van der Waals surface area (Å²) < 4.78 is 9.65. The Labute approximate surface area is 107 Å². The highest BCUT2D eigenvalue weighted by molar-refractivity contribution is 7.11. The van der Waals surface area contributed by atoms with Crippen molar-refractivity contribution in [3.63, 3.8) is 0 Å². The first-order chi connectivity index (χ1) is 8.09. The number of anilines is 2. The Morgan fingerprint density at radius 2 is 2.24 bits per heavy atom. The van der Waals surface area contributed by atoms with Gasteiger partial charge < -0.3 is 15.8 Å². The molecule has 1 saturated carbocycles. The van der Waals surface area contributed by atoms with Crippen LogP contribution in [0.4, 0.5) is 10.8 Å². The predicted octanol–water partition coefficient (Wildman–Crippen LogP) is 2.97. The number of rotatable bonds is 6. The molecule has 0 spiro atoms. The average Bonchev–Trinajstić information content (AvgIpc) is 3.01. The topological polar surface area (TPSA) is 60.2 Å². The van der Waals surface area contributed by atoms with E-state index in [9.17, 15) is 0 Å². The molecule has 17 heavy (non-hydrogen) atoms. The number of nitrogens with one attached hydrogen (secondary N) is 1. The lowest BCUT2D eigenvalue weighted by atomic mass is 9.92. The quantitative estimate of drug-likeness (QED) is 0.820. The Balaban J connectivity index is 1.99. The van der Waals surface area contributed by atoms with Crippen LogP contribution in [0, 0.1) is 11.3 Å². The zero-order valence-electron chi connectivity index (χ0n) is 10.7. The number of nitrogens with two attached hydrogens (primary N) is 1. The van der Waals surface area contributed by atoms with E-state index in [1.807, 2.05) is 6.92 Å². The number of aromatic nitrogens is 1. The zero-order valence-corrected chi connectivity index (χ0v) is 11.6. The van der Waals surface area contributed by atoms with Crippen molar-refractivity contribution in [3.05, 3.63) is 0 Å². The summed E-state index contributed by atoms with van der Waals surface area (Å²) in [5.74, 6) is 1.93. The number of nitrogen functional groups attached to an aromatic ring is 1. The van der Waals surface area contributed by atoms with E-state index >= 15 is 0 Å². The molecule has 0 atom stereocenters. The van der Waals surface area contributed by atoms with Gasteiger partial charge in [-0.1, -0.05) is 13.8 Å². The lowest BCUT2D eigenvalue weighted by Crippen LogP contribution is -2.20. The monoisotopic (exact) mass is 255 g/mol. The summed E-state index contributed by atoms with van der Waals surface area (Å²) in [6.07, 6.45) is 2.63. The summed E-state index contributed by atoms with van der Waals surface area (Å²) in [5, 5.41) is 4.42. The van der Waals surface area contributed by atoms with E-state index in [1.54, 1.807) is 0 Å². The highest BCUT2D eigenvalue weighted by atomic mass is 32.1. The second-order valence-corrected chi connectivity index (χ2v) is 5.80.